The molecular weight excluding hydrogens is 394 g/mol. The van der Waals surface area contributed by atoms with Gasteiger partial charge < -0.3 is 10.1 Å². The second-order valence-electron chi connectivity index (χ2n) is 7.00. The number of hydrogen-bond acceptors (Lipinski definition) is 5. The highest BCUT2D eigenvalue weighted by molar-refractivity contribution is 5.90. The van der Waals surface area contributed by atoms with Gasteiger partial charge in [-0.05, 0) is 50.2 Å². The van der Waals surface area contributed by atoms with Crippen LogP contribution in [-0.4, -0.2) is 31.8 Å². The Labute approximate surface area is 179 Å². The zero-order valence-electron chi connectivity index (χ0n) is 17.4. The second-order valence-corrected chi connectivity index (χ2v) is 7.00. The van der Waals surface area contributed by atoms with Crippen molar-refractivity contribution in [2.24, 2.45) is 0 Å². The molecule has 0 aliphatic carbocycles. The van der Waals surface area contributed by atoms with Crippen LogP contribution in [0, 0.1) is 6.92 Å². The van der Waals surface area contributed by atoms with E-state index in [0.717, 1.165) is 11.4 Å². The molecule has 4 rings (SSSR count). The Morgan fingerprint density at radius 1 is 1.10 bits per heavy atom. The molecule has 0 bridgehead atoms. The molecule has 8 nitrogen and oxygen atoms in total. The maximum absolute atomic E-state index is 13.0. The van der Waals surface area contributed by atoms with E-state index in [1.54, 1.807) is 35.9 Å². The average Bonchev–Trinajstić information content (AvgIpc) is 3.19. The van der Waals surface area contributed by atoms with Gasteiger partial charge in [0, 0.05) is 18.7 Å². The number of benzene rings is 2. The lowest BCUT2D eigenvalue weighted by atomic mass is 10.3. The fourth-order valence-corrected chi connectivity index (χ4v) is 3.37. The van der Waals surface area contributed by atoms with Crippen molar-refractivity contribution in [3.63, 3.8) is 0 Å². The van der Waals surface area contributed by atoms with E-state index in [9.17, 15) is 9.59 Å². The molecule has 1 amide bonds. The Kier molecular flexibility index (Phi) is 5.79. The largest absolute Gasteiger partial charge is 0.494 e. The first kappa shape index (κ1) is 20.3. The summed E-state index contributed by atoms with van der Waals surface area (Å²) in [7, 11) is 0. The van der Waals surface area contributed by atoms with E-state index in [1.165, 1.54) is 10.8 Å². The molecule has 2 aromatic carbocycles. The zero-order chi connectivity index (χ0) is 21.8. The Hall–Kier alpha value is -3.94. The van der Waals surface area contributed by atoms with E-state index in [4.69, 9.17) is 4.74 Å². The van der Waals surface area contributed by atoms with E-state index in [-0.39, 0.29) is 24.4 Å². The third-order valence-corrected chi connectivity index (χ3v) is 4.89. The minimum Gasteiger partial charge on any atom is -0.494 e. The smallest absolute Gasteiger partial charge is 0.264 e. The Morgan fingerprint density at radius 2 is 1.84 bits per heavy atom. The first-order chi connectivity index (χ1) is 15.1. The van der Waals surface area contributed by atoms with E-state index < -0.39 is 0 Å². The number of hydrogen-bond donors (Lipinski definition) is 1. The predicted octanol–water partition coefficient (Wildman–Crippen LogP) is 3.32. The van der Waals surface area contributed by atoms with Crippen LogP contribution >= 0.6 is 0 Å². The zero-order valence-corrected chi connectivity index (χ0v) is 17.4. The highest BCUT2D eigenvalue weighted by Gasteiger charge is 2.15. The van der Waals surface area contributed by atoms with Crippen molar-refractivity contribution < 1.29 is 9.53 Å². The van der Waals surface area contributed by atoms with Crippen LogP contribution in [0.4, 0.5) is 5.69 Å². The summed E-state index contributed by atoms with van der Waals surface area (Å²) in [6.45, 7) is 4.49. The highest BCUT2D eigenvalue weighted by Crippen LogP contribution is 2.16. The number of nitrogens with zero attached hydrogens (tertiary/aromatic N) is 4. The Morgan fingerprint density at radius 3 is 2.55 bits per heavy atom. The van der Waals surface area contributed by atoms with Crippen LogP contribution in [-0.2, 0) is 11.3 Å². The lowest BCUT2D eigenvalue weighted by Crippen LogP contribution is -2.26. The van der Waals surface area contributed by atoms with Crippen molar-refractivity contribution in [3.8, 4) is 11.4 Å². The van der Waals surface area contributed by atoms with Crippen LogP contribution in [0.3, 0.4) is 0 Å². The molecule has 1 N–H and O–H groups in total. The Balaban J connectivity index is 1.50. The van der Waals surface area contributed by atoms with Crippen molar-refractivity contribution in [1.82, 2.24) is 19.3 Å². The summed E-state index contributed by atoms with van der Waals surface area (Å²) in [6.07, 6.45) is 1.67. The van der Waals surface area contributed by atoms with E-state index >= 15 is 0 Å². The molecule has 158 valence electrons. The standard InChI is InChI=1S/C23H23N5O3/c1-3-31-19-11-9-17(10-12-19)26-21(29)13-14-27-16(2)25-22-20(23(27)30)15-24-28(22)18-7-5-4-6-8-18/h4-12,15H,3,13-14H2,1-2H3,(H,26,29). The van der Waals surface area contributed by atoms with Crippen LogP contribution in [0.1, 0.15) is 19.2 Å². The van der Waals surface area contributed by atoms with Crippen molar-refractivity contribution in [3.05, 3.63) is 77.0 Å². The topological polar surface area (TPSA) is 91.0 Å². The van der Waals surface area contributed by atoms with Gasteiger partial charge in [-0.15, -0.1) is 0 Å². The van der Waals surface area contributed by atoms with Crippen molar-refractivity contribution >= 4 is 22.6 Å². The molecule has 31 heavy (non-hydrogen) atoms. The number of ether oxygens (including phenoxy) is 1. The highest BCUT2D eigenvalue weighted by atomic mass is 16.5. The number of carbonyl (C=O) groups is 1. The molecule has 2 aromatic heterocycles. The number of rotatable bonds is 7. The van der Waals surface area contributed by atoms with Crippen LogP contribution in [0.2, 0.25) is 0 Å². The van der Waals surface area contributed by atoms with Gasteiger partial charge in [0.05, 0.1) is 18.5 Å². The molecule has 0 aliphatic heterocycles. The average molecular weight is 417 g/mol. The third-order valence-electron chi connectivity index (χ3n) is 4.89. The van der Waals surface area contributed by atoms with Crippen LogP contribution in [0.15, 0.2) is 65.6 Å². The van der Waals surface area contributed by atoms with Gasteiger partial charge >= 0.3 is 0 Å². The number of carbonyl (C=O) groups excluding carboxylic acids is 1. The van der Waals surface area contributed by atoms with Crippen molar-refractivity contribution in [2.45, 2.75) is 26.8 Å². The fraction of sp³-hybridized carbons (Fsp3) is 0.217. The molecule has 0 unspecified atom stereocenters. The van der Waals surface area contributed by atoms with Crippen molar-refractivity contribution in [1.29, 1.82) is 0 Å². The van der Waals surface area contributed by atoms with Gasteiger partial charge in [0.25, 0.3) is 5.56 Å². The van der Waals surface area contributed by atoms with Gasteiger partial charge in [-0.1, -0.05) is 18.2 Å². The molecule has 2 heterocycles. The molecule has 0 saturated heterocycles. The van der Waals surface area contributed by atoms with Gasteiger partial charge in [0.1, 0.15) is 17.0 Å². The maximum Gasteiger partial charge on any atom is 0.264 e. The number of anilines is 1. The SMILES string of the molecule is CCOc1ccc(NC(=O)CCn2c(C)nc3c(cnn3-c3ccccc3)c2=O)cc1. The fourth-order valence-electron chi connectivity index (χ4n) is 3.37. The normalized spacial score (nSPS) is 10.9. The summed E-state index contributed by atoms with van der Waals surface area (Å²) in [4.78, 5) is 29.9. The first-order valence-electron chi connectivity index (χ1n) is 10.1. The molecule has 0 aliphatic rings. The quantitative estimate of drug-likeness (QED) is 0.498. The van der Waals surface area contributed by atoms with Gasteiger partial charge in [0.15, 0.2) is 5.65 Å². The van der Waals surface area contributed by atoms with Crippen LogP contribution in [0.25, 0.3) is 16.7 Å². The molecule has 8 heteroatoms. The lowest BCUT2D eigenvalue weighted by Gasteiger charge is -2.11. The number of nitrogens with one attached hydrogen (secondary N) is 1. The minimum atomic E-state index is -0.210. The number of fused-ring (bicyclic) bond motifs is 1. The molecule has 0 atom stereocenters. The Bertz CT molecular complexity index is 1260. The summed E-state index contributed by atoms with van der Waals surface area (Å²) in [6, 6.07) is 16.7. The molecule has 0 saturated carbocycles. The van der Waals surface area contributed by atoms with E-state index in [2.05, 4.69) is 15.4 Å². The van der Waals surface area contributed by atoms with Gasteiger partial charge in [-0.3, -0.25) is 14.2 Å². The van der Waals surface area contributed by atoms with E-state index in [0.29, 0.717) is 29.2 Å². The third kappa shape index (κ3) is 4.32. The first-order valence-corrected chi connectivity index (χ1v) is 10.1. The second kappa shape index (κ2) is 8.83. The summed E-state index contributed by atoms with van der Waals surface area (Å²) < 4.78 is 8.55. The number of amides is 1. The molecule has 0 fully saturated rings. The molecule has 4 aromatic rings. The monoisotopic (exact) mass is 417 g/mol. The van der Waals surface area contributed by atoms with Crippen LogP contribution in [0.5, 0.6) is 5.75 Å². The number of aromatic nitrogens is 4. The number of aryl methyl sites for hydroxylation is 1. The summed E-state index contributed by atoms with van der Waals surface area (Å²) in [5.41, 5.74) is 1.80. The van der Waals surface area contributed by atoms with Gasteiger partial charge in [-0.2, -0.15) is 5.10 Å². The lowest BCUT2D eigenvalue weighted by molar-refractivity contribution is -0.116. The summed E-state index contributed by atoms with van der Waals surface area (Å²) in [5.74, 6) is 1.10. The number of para-hydroxylation sites is 1. The summed E-state index contributed by atoms with van der Waals surface area (Å²) in [5, 5.41) is 7.59. The van der Waals surface area contributed by atoms with Gasteiger partial charge in [-0.25, -0.2) is 9.67 Å². The predicted molar refractivity (Wildman–Crippen MR) is 119 cm³/mol. The molecule has 0 radical (unpaired) electrons. The van der Waals surface area contributed by atoms with Gasteiger partial charge in [0.2, 0.25) is 5.91 Å². The molecule has 0 spiro atoms. The van der Waals surface area contributed by atoms with Crippen LogP contribution < -0.4 is 15.6 Å². The minimum absolute atomic E-state index is 0.147. The van der Waals surface area contributed by atoms with E-state index in [1.807, 2.05) is 37.3 Å². The maximum atomic E-state index is 13.0. The summed E-state index contributed by atoms with van der Waals surface area (Å²) >= 11 is 0. The van der Waals surface area contributed by atoms with Crippen molar-refractivity contribution in [2.75, 3.05) is 11.9 Å². The molecular formula is C23H23N5O3.